The summed E-state index contributed by atoms with van der Waals surface area (Å²) in [5, 5.41) is 3.40. The third kappa shape index (κ3) is 2.21. The highest BCUT2D eigenvalue weighted by atomic mass is 32.2. The molecule has 0 amide bonds. The maximum Gasteiger partial charge on any atom is 0.150 e. The van der Waals surface area contributed by atoms with E-state index in [9.17, 15) is 8.42 Å². The van der Waals surface area contributed by atoms with E-state index in [1.165, 1.54) is 6.42 Å². The highest BCUT2D eigenvalue weighted by Crippen LogP contribution is 2.45. The topological polar surface area (TPSA) is 46.2 Å². The van der Waals surface area contributed by atoms with Gasteiger partial charge in [0.1, 0.15) is 0 Å². The van der Waals surface area contributed by atoms with E-state index in [-0.39, 0.29) is 5.41 Å². The Kier molecular flexibility index (Phi) is 3.08. The molecule has 15 heavy (non-hydrogen) atoms. The third-order valence-corrected chi connectivity index (χ3v) is 5.95. The largest absolute Gasteiger partial charge is 0.316 e. The third-order valence-electron chi connectivity index (χ3n) is 4.11. The molecule has 4 heteroatoms. The molecule has 0 aliphatic carbocycles. The van der Waals surface area contributed by atoms with Gasteiger partial charge in [-0.05, 0) is 43.7 Å². The first kappa shape index (κ1) is 11.4. The van der Waals surface area contributed by atoms with Crippen molar-refractivity contribution in [1.29, 1.82) is 0 Å². The van der Waals surface area contributed by atoms with Crippen molar-refractivity contribution in [3.05, 3.63) is 0 Å². The number of nitrogens with one attached hydrogen (secondary N) is 1. The van der Waals surface area contributed by atoms with Crippen molar-refractivity contribution in [2.45, 2.75) is 32.6 Å². The second-order valence-electron chi connectivity index (χ2n) is 5.14. The van der Waals surface area contributed by atoms with Crippen LogP contribution in [-0.4, -0.2) is 33.0 Å². The summed E-state index contributed by atoms with van der Waals surface area (Å²) < 4.78 is 23.3. The van der Waals surface area contributed by atoms with E-state index in [0.29, 0.717) is 17.4 Å². The lowest BCUT2D eigenvalue weighted by Gasteiger charge is -2.41. The van der Waals surface area contributed by atoms with Crippen LogP contribution >= 0.6 is 0 Å². The van der Waals surface area contributed by atoms with Gasteiger partial charge >= 0.3 is 0 Å². The molecule has 2 unspecified atom stereocenters. The van der Waals surface area contributed by atoms with E-state index in [2.05, 4.69) is 12.2 Å². The van der Waals surface area contributed by atoms with Gasteiger partial charge < -0.3 is 5.32 Å². The summed E-state index contributed by atoms with van der Waals surface area (Å²) in [7, 11) is -2.73. The zero-order chi connectivity index (χ0) is 10.9. The van der Waals surface area contributed by atoms with Crippen LogP contribution in [0.15, 0.2) is 0 Å². The molecule has 2 aliphatic heterocycles. The number of piperidine rings is 1. The summed E-state index contributed by atoms with van der Waals surface area (Å²) in [5.41, 5.74) is 0.125. The maximum absolute atomic E-state index is 11.6. The van der Waals surface area contributed by atoms with Crippen LogP contribution in [0.4, 0.5) is 0 Å². The van der Waals surface area contributed by atoms with E-state index in [1.807, 2.05) is 0 Å². The van der Waals surface area contributed by atoms with Gasteiger partial charge in [-0.2, -0.15) is 0 Å². The molecular weight excluding hydrogens is 210 g/mol. The monoisotopic (exact) mass is 231 g/mol. The normalized spacial score (nSPS) is 39.7. The van der Waals surface area contributed by atoms with E-state index in [0.717, 1.165) is 32.4 Å². The molecule has 0 radical (unpaired) electrons. The van der Waals surface area contributed by atoms with Crippen molar-refractivity contribution < 1.29 is 8.42 Å². The Labute approximate surface area is 92.6 Å². The van der Waals surface area contributed by atoms with E-state index in [4.69, 9.17) is 0 Å². The number of hydrogen-bond acceptors (Lipinski definition) is 3. The van der Waals surface area contributed by atoms with Crippen LogP contribution in [0, 0.1) is 11.3 Å². The van der Waals surface area contributed by atoms with Gasteiger partial charge in [0.2, 0.25) is 0 Å². The van der Waals surface area contributed by atoms with Gasteiger partial charge in [-0.3, -0.25) is 0 Å². The first-order chi connectivity index (χ1) is 7.08. The van der Waals surface area contributed by atoms with Crippen LogP contribution in [0.25, 0.3) is 0 Å². The molecule has 1 N–H and O–H groups in total. The fraction of sp³-hybridized carbons (Fsp3) is 1.00. The second kappa shape index (κ2) is 4.06. The predicted molar refractivity (Wildman–Crippen MR) is 61.6 cm³/mol. The van der Waals surface area contributed by atoms with Gasteiger partial charge in [-0.15, -0.1) is 0 Å². The molecule has 2 fully saturated rings. The molecule has 0 saturated carbocycles. The van der Waals surface area contributed by atoms with Crippen LogP contribution in [0.1, 0.15) is 32.6 Å². The second-order valence-corrected chi connectivity index (χ2v) is 7.33. The van der Waals surface area contributed by atoms with Crippen LogP contribution in [0.3, 0.4) is 0 Å². The van der Waals surface area contributed by atoms with Crippen LogP contribution in [0.2, 0.25) is 0 Å². The molecule has 2 heterocycles. The van der Waals surface area contributed by atoms with E-state index >= 15 is 0 Å². The fourth-order valence-corrected chi connectivity index (χ4v) is 5.51. The van der Waals surface area contributed by atoms with Crippen LogP contribution in [-0.2, 0) is 9.84 Å². The van der Waals surface area contributed by atoms with Crippen molar-refractivity contribution >= 4 is 9.84 Å². The van der Waals surface area contributed by atoms with Gasteiger partial charge in [0.05, 0.1) is 11.5 Å². The lowest BCUT2D eigenvalue weighted by Crippen LogP contribution is -2.45. The van der Waals surface area contributed by atoms with Crippen molar-refractivity contribution in [2.24, 2.45) is 11.3 Å². The lowest BCUT2D eigenvalue weighted by atomic mass is 9.69. The summed E-state index contributed by atoms with van der Waals surface area (Å²) in [6, 6.07) is 0. The molecular formula is C11H21NO2S. The first-order valence-electron chi connectivity index (χ1n) is 5.99. The Hall–Kier alpha value is -0.0900. The molecule has 0 aromatic carbocycles. The van der Waals surface area contributed by atoms with Crippen molar-refractivity contribution in [3.8, 4) is 0 Å². The highest BCUT2D eigenvalue weighted by molar-refractivity contribution is 7.91. The van der Waals surface area contributed by atoms with Crippen LogP contribution < -0.4 is 5.32 Å². The van der Waals surface area contributed by atoms with E-state index < -0.39 is 9.84 Å². The Bertz CT molecular complexity index is 323. The Morgan fingerprint density at radius 1 is 1.40 bits per heavy atom. The van der Waals surface area contributed by atoms with Crippen molar-refractivity contribution in [1.82, 2.24) is 5.32 Å². The fourth-order valence-electron chi connectivity index (χ4n) is 3.25. The van der Waals surface area contributed by atoms with Gasteiger partial charge in [0, 0.05) is 0 Å². The molecule has 0 bridgehead atoms. The molecule has 88 valence electrons. The zero-order valence-corrected chi connectivity index (χ0v) is 10.3. The predicted octanol–water partition coefficient (Wildman–Crippen LogP) is 1.20. The Morgan fingerprint density at radius 2 is 2.20 bits per heavy atom. The van der Waals surface area contributed by atoms with Gasteiger partial charge in [-0.25, -0.2) is 8.42 Å². The molecule has 0 aromatic rings. The van der Waals surface area contributed by atoms with Gasteiger partial charge in [-0.1, -0.05) is 13.3 Å². The molecule has 2 saturated heterocycles. The van der Waals surface area contributed by atoms with Crippen molar-refractivity contribution in [3.63, 3.8) is 0 Å². The zero-order valence-electron chi connectivity index (χ0n) is 9.46. The quantitative estimate of drug-likeness (QED) is 0.777. The number of sulfone groups is 1. The van der Waals surface area contributed by atoms with Gasteiger partial charge in [0.15, 0.2) is 9.84 Å². The molecule has 2 rings (SSSR count). The smallest absolute Gasteiger partial charge is 0.150 e. The van der Waals surface area contributed by atoms with Crippen LogP contribution in [0.5, 0.6) is 0 Å². The molecule has 2 aliphatic rings. The summed E-state index contributed by atoms with van der Waals surface area (Å²) >= 11 is 0. The molecule has 3 nitrogen and oxygen atoms in total. The highest BCUT2D eigenvalue weighted by Gasteiger charge is 2.47. The summed E-state index contributed by atoms with van der Waals surface area (Å²) in [6.45, 7) is 4.20. The van der Waals surface area contributed by atoms with Gasteiger partial charge in [0.25, 0.3) is 0 Å². The van der Waals surface area contributed by atoms with Crippen molar-refractivity contribution in [2.75, 3.05) is 24.6 Å². The molecule has 0 aromatic heterocycles. The minimum absolute atomic E-state index is 0.125. The summed E-state index contributed by atoms with van der Waals surface area (Å²) in [6.07, 6.45) is 4.29. The standard InChI is InChI=1S/C11H21NO2S/c1-2-3-10-8-12-6-4-11(10)5-7-15(13,14)9-11/h10,12H,2-9H2,1H3. The summed E-state index contributed by atoms with van der Waals surface area (Å²) in [5.74, 6) is 1.45. The molecule has 2 atom stereocenters. The van der Waals surface area contributed by atoms with E-state index in [1.54, 1.807) is 0 Å². The minimum atomic E-state index is -2.73. The molecule has 1 spiro atoms. The number of rotatable bonds is 2. The summed E-state index contributed by atoms with van der Waals surface area (Å²) in [4.78, 5) is 0. The average molecular weight is 231 g/mol. The Balaban J connectivity index is 2.16. The SMILES string of the molecule is CCCC1CNCCC12CCS(=O)(=O)C2. The Morgan fingerprint density at radius 3 is 2.80 bits per heavy atom. The number of hydrogen-bond donors (Lipinski definition) is 1. The maximum atomic E-state index is 11.6. The minimum Gasteiger partial charge on any atom is -0.316 e. The first-order valence-corrected chi connectivity index (χ1v) is 7.81. The lowest BCUT2D eigenvalue weighted by molar-refractivity contribution is 0.128. The average Bonchev–Trinajstić information content (AvgIpc) is 2.48.